The normalized spacial score (nSPS) is 11.9. The van der Waals surface area contributed by atoms with Crippen molar-refractivity contribution in [3.05, 3.63) is 92.4 Å². The fourth-order valence-electron chi connectivity index (χ4n) is 3.34. The van der Waals surface area contributed by atoms with Gasteiger partial charge in [-0.05, 0) is 62.1 Å². The summed E-state index contributed by atoms with van der Waals surface area (Å²) >= 11 is 18.8. The van der Waals surface area contributed by atoms with Crippen LogP contribution in [0.15, 0.2) is 60.7 Å². The van der Waals surface area contributed by atoms with Gasteiger partial charge in [0.2, 0.25) is 0 Å². The highest BCUT2D eigenvalue weighted by atomic mass is 35.5. The molecule has 0 saturated carbocycles. The molecular formula is C26H28Cl3NO2. The van der Waals surface area contributed by atoms with Crippen LogP contribution in [0.4, 0.5) is 0 Å². The smallest absolute Gasteiger partial charge is 0.180 e. The molecular weight excluding hydrogens is 465 g/mol. The van der Waals surface area contributed by atoms with Crippen LogP contribution in [0.2, 0.25) is 15.1 Å². The van der Waals surface area contributed by atoms with Crippen LogP contribution in [0.3, 0.4) is 0 Å². The molecule has 0 heterocycles. The minimum Gasteiger partial charge on any atom is -0.490 e. The first-order valence-corrected chi connectivity index (χ1v) is 11.9. The van der Waals surface area contributed by atoms with Crippen LogP contribution in [0.5, 0.6) is 11.5 Å². The predicted molar refractivity (Wildman–Crippen MR) is 134 cm³/mol. The highest BCUT2D eigenvalue weighted by Gasteiger charge is 2.14. The van der Waals surface area contributed by atoms with Gasteiger partial charge < -0.3 is 14.8 Å². The highest BCUT2D eigenvalue weighted by molar-refractivity contribution is 6.35. The summed E-state index contributed by atoms with van der Waals surface area (Å²) in [4.78, 5) is 0. The molecule has 0 aliphatic heterocycles. The van der Waals surface area contributed by atoms with E-state index in [2.05, 4.69) is 36.5 Å². The Balaban J connectivity index is 1.62. The molecule has 0 saturated heterocycles. The van der Waals surface area contributed by atoms with Gasteiger partial charge in [-0.25, -0.2) is 0 Å². The van der Waals surface area contributed by atoms with Crippen molar-refractivity contribution in [2.45, 2.75) is 45.9 Å². The molecule has 3 rings (SSSR count). The van der Waals surface area contributed by atoms with Crippen molar-refractivity contribution in [2.75, 3.05) is 6.61 Å². The summed E-state index contributed by atoms with van der Waals surface area (Å²) in [6.07, 6.45) is 2.10. The van der Waals surface area contributed by atoms with Gasteiger partial charge in [-0.15, -0.1) is 0 Å². The second-order valence-electron chi connectivity index (χ2n) is 7.67. The maximum Gasteiger partial charge on any atom is 0.180 e. The number of aryl methyl sites for hydroxylation is 1. The zero-order chi connectivity index (χ0) is 22.9. The largest absolute Gasteiger partial charge is 0.490 e. The van der Waals surface area contributed by atoms with Gasteiger partial charge in [-0.3, -0.25) is 0 Å². The van der Waals surface area contributed by atoms with Crippen LogP contribution in [0.25, 0.3) is 0 Å². The van der Waals surface area contributed by atoms with Crippen LogP contribution in [0.1, 0.15) is 37.0 Å². The van der Waals surface area contributed by atoms with E-state index in [0.717, 1.165) is 24.0 Å². The fourth-order valence-corrected chi connectivity index (χ4v) is 4.09. The van der Waals surface area contributed by atoms with Crippen molar-refractivity contribution < 1.29 is 9.47 Å². The molecule has 1 N–H and O–H groups in total. The number of nitrogens with one attached hydrogen (secondary N) is 1. The minimum atomic E-state index is 0.268. The molecule has 0 radical (unpaired) electrons. The van der Waals surface area contributed by atoms with Crippen molar-refractivity contribution in [3.63, 3.8) is 0 Å². The number of halogens is 3. The minimum absolute atomic E-state index is 0.268. The van der Waals surface area contributed by atoms with Crippen molar-refractivity contribution in [3.8, 4) is 11.5 Å². The number of hydrogen-bond acceptors (Lipinski definition) is 3. The molecule has 0 aliphatic carbocycles. The van der Waals surface area contributed by atoms with E-state index in [1.165, 1.54) is 5.56 Å². The first-order valence-electron chi connectivity index (χ1n) is 10.8. The molecule has 3 nitrogen and oxygen atoms in total. The van der Waals surface area contributed by atoms with Crippen LogP contribution in [0, 0.1) is 0 Å². The number of benzene rings is 3. The maximum absolute atomic E-state index is 6.57. The van der Waals surface area contributed by atoms with Gasteiger partial charge in [0.1, 0.15) is 6.61 Å². The van der Waals surface area contributed by atoms with Gasteiger partial charge in [-0.1, -0.05) is 71.2 Å². The van der Waals surface area contributed by atoms with Crippen LogP contribution in [-0.2, 0) is 19.6 Å². The van der Waals surface area contributed by atoms with Crippen LogP contribution in [-0.4, -0.2) is 12.6 Å². The Bertz CT molecular complexity index is 1010. The summed E-state index contributed by atoms with van der Waals surface area (Å²) in [5, 5.41) is 5.22. The third-order valence-electron chi connectivity index (χ3n) is 5.12. The Morgan fingerprint density at radius 2 is 1.66 bits per heavy atom. The highest BCUT2D eigenvalue weighted by Crippen LogP contribution is 2.37. The van der Waals surface area contributed by atoms with Gasteiger partial charge in [0, 0.05) is 28.2 Å². The van der Waals surface area contributed by atoms with E-state index < -0.39 is 0 Å². The molecule has 0 spiro atoms. The summed E-state index contributed by atoms with van der Waals surface area (Å²) in [6.45, 7) is 5.60. The molecule has 6 heteroatoms. The second kappa shape index (κ2) is 12.4. The molecule has 32 heavy (non-hydrogen) atoms. The van der Waals surface area contributed by atoms with Gasteiger partial charge >= 0.3 is 0 Å². The van der Waals surface area contributed by atoms with Crippen LogP contribution >= 0.6 is 34.8 Å². The Morgan fingerprint density at radius 1 is 0.875 bits per heavy atom. The third-order valence-corrected chi connectivity index (χ3v) is 5.99. The summed E-state index contributed by atoms with van der Waals surface area (Å²) in [6, 6.07) is 20.1. The summed E-state index contributed by atoms with van der Waals surface area (Å²) < 4.78 is 11.8. The first kappa shape index (κ1) is 24.7. The molecule has 0 amide bonds. The number of hydrogen-bond donors (Lipinski definition) is 1. The average Bonchev–Trinajstić information content (AvgIpc) is 2.78. The van der Waals surface area contributed by atoms with Crippen molar-refractivity contribution in [1.29, 1.82) is 0 Å². The third kappa shape index (κ3) is 7.31. The van der Waals surface area contributed by atoms with E-state index in [1.54, 1.807) is 12.1 Å². The zero-order valence-electron chi connectivity index (χ0n) is 18.3. The Labute approximate surface area is 205 Å². The lowest BCUT2D eigenvalue weighted by Crippen LogP contribution is -2.26. The molecule has 0 aromatic heterocycles. The molecule has 0 fully saturated rings. The van der Waals surface area contributed by atoms with E-state index >= 15 is 0 Å². The molecule has 0 aliphatic rings. The molecule has 0 unspecified atom stereocenters. The topological polar surface area (TPSA) is 30.5 Å². The quantitative estimate of drug-likeness (QED) is 0.297. The zero-order valence-corrected chi connectivity index (χ0v) is 20.6. The Hall–Kier alpha value is -1.91. The summed E-state index contributed by atoms with van der Waals surface area (Å²) in [7, 11) is 0. The van der Waals surface area contributed by atoms with Crippen molar-refractivity contribution >= 4 is 34.8 Å². The lowest BCUT2D eigenvalue weighted by molar-refractivity contribution is 0.269. The second-order valence-corrected chi connectivity index (χ2v) is 8.92. The Kier molecular flexibility index (Phi) is 9.55. The number of ether oxygens (including phenoxy) is 2. The lowest BCUT2D eigenvalue weighted by atomic mass is 10.1. The van der Waals surface area contributed by atoms with E-state index in [-0.39, 0.29) is 6.61 Å². The monoisotopic (exact) mass is 491 g/mol. The SMILES string of the molecule is CCOc1cc(CN[C@H](C)CCc2ccccc2)cc(Cl)c1OCc1ccc(Cl)cc1Cl. The van der Waals surface area contributed by atoms with Crippen molar-refractivity contribution in [2.24, 2.45) is 0 Å². The van der Waals surface area contributed by atoms with E-state index in [4.69, 9.17) is 44.3 Å². The lowest BCUT2D eigenvalue weighted by Gasteiger charge is -2.18. The average molecular weight is 493 g/mol. The van der Waals surface area contributed by atoms with Gasteiger partial charge in [0.05, 0.1) is 11.6 Å². The van der Waals surface area contributed by atoms with E-state index in [1.807, 2.05) is 31.2 Å². The predicted octanol–water partition coefficient (Wildman–Crippen LogP) is 7.74. The molecule has 170 valence electrons. The van der Waals surface area contributed by atoms with Crippen molar-refractivity contribution in [1.82, 2.24) is 5.32 Å². The molecule has 3 aromatic carbocycles. The van der Waals surface area contributed by atoms with Crippen LogP contribution < -0.4 is 14.8 Å². The van der Waals surface area contributed by atoms with Gasteiger partial charge in [0.25, 0.3) is 0 Å². The van der Waals surface area contributed by atoms with Gasteiger partial charge in [0.15, 0.2) is 11.5 Å². The fraction of sp³-hybridized carbons (Fsp3) is 0.308. The first-order chi connectivity index (χ1) is 15.5. The summed E-state index contributed by atoms with van der Waals surface area (Å²) in [5.41, 5.74) is 3.22. The molecule has 3 aromatic rings. The number of rotatable bonds is 11. The molecule has 1 atom stereocenters. The Morgan fingerprint density at radius 3 is 2.38 bits per heavy atom. The van der Waals surface area contributed by atoms with E-state index in [9.17, 15) is 0 Å². The molecule has 0 bridgehead atoms. The standard InChI is InChI=1S/C26H28Cl3NO2/c1-3-31-25-14-20(16-30-18(2)9-10-19-7-5-4-6-8-19)13-24(29)26(25)32-17-21-11-12-22(27)15-23(21)28/h4-8,11-15,18,30H,3,9-10,16-17H2,1-2H3/t18-/m1/s1. The maximum atomic E-state index is 6.57. The summed E-state index contributed by atoms with van der Waals surface area (Å²) in [5.74, 6) is 1.14. The van der Waals surface area contributed by atoms with Gasteiger partial charge in [-0.2, -0.15) is 0 Å². The van der Waals surface area contributed by atoms with E-state index in [0.29, 0.717) is 45.8 Å².